The van der Waals surface area contributed by atoms with Crippen LogP contribution in [0.2, 0.25) is 0 Å². The number of nitrogens with one attached hydrogen (secondary N) is 1. The second-order valence-electron chi connectivity index (χ2n) is 9.97. The number of aromatic nitrogens is 4. The molecule has 2 bridgehead atoms. The summed E-state index contributed by atoms with van der Waals surface area (Å²) in [5, 5.41) is 5.91. The number of aryl methyl sites for hydroxylation is 2. The van der Waals surface area contributed by atoms with Gasteiger partial charge in [-0.3, -0.25) is 0 Å². The Balaban J connectivity index is 1.56. The van der Waals surface area contributed by atoms with Gasteiger partial charge in [0, 0.05) is 22.0 Å². The highest BCUT2D eigenvalue weighted by Gasteiger charge is 2.42. The van der Waals surface area contributed by atoms with Crippen LogP contribution in [0.1, 0.15) is 78.5 Å². The second-order valence-corrected chi connectivity index (χ2v) is 11.0. The zero-order valence-corrected chi connectivity index (χ0v) is 19.4. The molecule has 156 valence electrons. The molecular weight excluding hydrogens is 388 g/mol. The first-order valence-corrected chi connectivity index (χ1v) is 12.2. The fourth-order valence-electron chi connectivity index (χ4n) is 6.41. The zero-order chi connectivity index (χ0) is 20.7. The summed E-state index contributed by atoms with van der Waals surface area (Å²) in [5.74, 6) is 3.17. The van der Waals surface area contributed by atoms with E-state index in [9.17, 15) is 0 Å². The summed E-state index contributed by atoms with van der Waals surface area (Å²) < 4.78 is 1.92. The molecule has 5 heteroatoms. The molecule has 0 saturated heterocycles. The van der Waals surface area contributed by atoms with Gasteiger partial charge in [-0.25, -0.2) is 9.50 Å². The minimum absolute atomic E-state index is 0.459. The van der Waals surface area contributed by atoms with Crippen LogP contribution in [-0.2, 0) is 0 Å². The van der Waals surface area contributed by atoms with Crippen molar-refractivity contribution in [3.05, 3.63) is 39.7 Å². The van der Waals surface area contributed by atoms with Crippen LogP contribution in [0.3, 0.4) is 0 Å². The number of nitrogens with zero attached hydrogens (tertiary/aromatic N) is 3. The number of H-pyrrole nitrogens is 1. The van der Waals surface area contributed by atoms with Gasteiger partial charge in [-0.2, -0.15) is 5.10 Å². The van der Waals surface area contributed by atoms with Gasteiger partial charge in [0.05, 0.1) is 5.69 Å². The number of rotatable bonds is 3. The minimum Gasteiger partial charge on any atom is -0.346 e. The molecule has 0 spiro atoms. The molecule has 2 aliphatic carbocycles. The predicted octanol–water partition coefficient (Wildman–Crippen LogP) is 6.89. The Morgan fingerprint density at radius 2 is 1.93 bits per heavy atom. The lowest BCUT2D eigenvalue weighted by molar-refractivity contribution is 0.424. The van der Waals surface area contributed by atoms with E-state index in [-0.39, 0.29) is 0 Å². The maximum absolute atomic E-state index is 4.44. The quantitative estimate of drug-likeness (QED) is 0.394. The Labute approximate surface area is 181 Å². The first-order chi connectivity index (χ1) is 14.4. The summed E-state index contributed by atoms with van der Waals surface area (Å²) >= 11 is 2.03. The minimum atomic E-state index is 0.459. The summed E-state index contributed by atoms with van der Waals surface area (Å²) in [6.07, 6.45) is 9.59. The van der Waals surface area contributed by atoms with E-state index in [4.69, 9.17) is 0 Å². The maximum Gasteiger partial charge on any atom is 0.158 e. The van der Waals surface area contributed by atoms with Gasteiger partial charge in [0.2, 0.25) is 0 Å². The molecule has 1 N–H and O–H groups in total. The van der Waals surface area contributed by atoms with E-state index in [0.29, 0.717) is 5.92 Å². The van der Waals surface area contributed by atoms with E-state index in [1.165, 1.54) is 69.4 Å². The third-order valence-electron chi connectivity index (χ3n) is 8.01. The zero-order valence-electron chi connectivity index (χ0n) is 18.5. The molecule has 2 saturated carbocycles. The number of aromatic amines is 1. The molecular formula is C25H30N4S. The van der Waals surface area contributed by atoms with Crippen LogP contribution in [0.25, 0.3) is 27.1 Å². The van der Waals surface area contributed by atoms with Crippen LogP contribution >= 0.6 is 11.3 Å². The van der Waals surface area contributed by atoms with E-state index in [1.54, 1.807) is 11.2 Å². The molecule has 4 heterocycles. The van der Waals surface area contributed by atoms with E-state index in [2.05, 4.69) is 55.9 Å². The Hall–Kier alpha value is -2.14. The summed E-state index contributed by atoms with van der Waals surface area (Å²) in [7, 11) is 0. The van der Waals surface area contributed by atoms with Gasteiger partial charge in [-0.15, -0.1) is 11.3 Å². The molecule has 4 aromatic rings. The SMILES string of the molecule is Cc1c(-c2[nH]c3sc(C4C[C@H]5CC[C@@H]4C5)c(C)c3c2C(C)C)cn2ncnc2c1C. The first kappa shape index (κ1) is 18.6. The van der Waals surface area contributed by atoms with Crippen molar-refractivity contribution in [3.8, 4) is 11.3 Å². The predicted molar refractivity (Wildman–Crippen MR) is 125 cm³/mol. The highest BCUT2D eigenvalue weighted by Crippen LogP contribution is 2.56. The highest BCUT2D eigenvalue weighted by molar-refractivity contribution is 7.19. The van der Waals surface area contributed by atoms with Crippen LogP contribution in [-0.4, -0.2) is 19.6 Å². The molecule has 0 aliphatic heterocycles. The van der Waals surface area contributed by atoms with Crippen molar-refractivity contribution in [2.45, 2.75) is 72.1 Å². The molecule has 0 amide bonds. The molecule has 0 aromatic carbocycles. The third kappa shape index (κ3) is 2.44. The smallest absolute Gasteiger partial charge is 0.158 e. The monoisotopic (exact) mass is 418 g/mol. The normalized spacial score (nSPS) is 23.6. The molecule has 0 radical (unpaired) electrons. The number of hydrogen-bond donors (Lipinski definition) is 1. The fraction of sp³-hybridized carbons (Fsp3) is 0.520. The first-order valence-electron chi connectivity index (χ1n) is 11.4. The third-order valence-corrected chi connectivity index (χ3v) is 9.35. The molecule has 4 nitrogen and oxygen atoms in total. The summed E-state index contributed by atoms with van der Waals surface area (Å²) in [6.45, 7) is 11.4. The van der Waals surface area contributed by atoms with Crippen molar-refractivity contribution < 1.29 is 0 Å². The van der Waals surface area contributed by atoms with Gasteiger partial charge in [0.1, 0.15) is 11.2 Å². The van der Waals surface area contributed by atoms with Gasteiger partial charge < -0.3 is 4.98 Å². The van der Waals surface area contributed by atoms with Gasteiger partial charge in [-0.05, 0) is 86.0 Å². The Morgan fingerprint density at radius 1 is 1.10 bits per heavy atom. The van der Waals surface area contributed by atoms with E-state index >= 15 is 0 Å². The number of fused-ring (bicyclic) bond motifs is 4. The topological polar surface area (TPSA) is 46.0 Å². The summed E-state index contributed by atoms with van der Waals surface area (Å²) in [6, 6.07) is 0. The lowest BCUT2D eigenvalue weighted by Crippen LogP contribution is -2.08. The van der Waals surface area contributed by atoms with Crippen molar-refractivity contribution in [2.75, 3.05) is 0 Å². The molecule has 30 heavy (non-hydrogen) atoms. The average molecular weight is 419 g/mol. The van der Waals surface area contributed by atoms with Crippen molar-refractivity contribution in [3.63, 3.8) is 0 Å². The second kappa shape index (κ2) is 6.43. The van der Waals surface area contributed by atoms with Crippen molar-refractivity contribution >= 4 is 27.2 Å². The van der Waals surface area contributed by atoms with Crippen molar-refractivity contribution in [1.29, 1.82) is 0 Å². The fourth-order valence-corrected chi connectivity index (χ4v) is 7.85. The lowest BCUT2D eigenvalue weighted by atomic mass is 9.85. The Kier molecular flexibility index (Phi) is 3.99. The van der Waals surface area contributed by atoms with Crippen LogP contribution in [0, 0.1) is 32.6 Å². The Bertz CT molecular complexity index is 1290. The number of pyridine rings is 1. The Morgan fingerprint density at radius 3 is 2.63 bits per heavy atom. The molecule has 6 rings (SSSR count). The van der Waals surface area contributed by atoms with Crippen LogP contribution in [0.15, 0.2) is 12.5 Å². The van der Waals surface area contributed by atoms with Gasteiger partial charge in [0.15, 0.2) is 5.65 Å². The van der Waals surface area contributed by atoms with E-state index < -0.39 is 0 Å². The molecule has 2 fully saturated rings. The lowest BCUT2D eigenvalue weighted by Gasteiger charge is -2.21. The standard InChI is InChI=1S/C25H30N4S/c1-12(2)20-21-15(5)23(18-9-16-6-7-17(18)8-16)30-25(21)28-22(20)19-10-29-24(26-11-27-29)14(4)13(19)3/h10-12,16-18,28H,6-9H2,1-5H3/t16-,17+,18?/m0/s1. The summed E-state index contributed by atoms with van der Waals surface area (Å²) in [5.41, 5.74) is 8.97. The maximum atomic E-state index is 4.44. The molecule has 4 aromatic heterocycles. The molecule has 2 aliphatic rings. The van der Waals surface area contributed by atoms with E-state index in [0.717, 1.165) is 23.4 Å². The average Bonchev–Trinajstić information content (AvgIpc) is 3.50. The van der Waals surface area contributed by atoms with Crippen LogP contribution in [0.4, 0.5) is 0 Å². The van der Waals surface area contributed by atoms with Gasteiger partial charge >= 0.3 is 0 Å². The van der Waals surface area contributed by atoms with Crippen LogP contribution < -0.4 is 0 Å². The van der Waals surface area contributed by atoms with Crippen molar-refractivity contribution in [1.82, 2.24) is 19.6 Å². The molecule has 3 atom stereocenters. The summed E-state index contributed by atoms with van der Waals surface area (Å²) in [4.78, 5) is 11.3. The largest absolute Gasteiger partial charge is 0.346 e. The van der Waals surface area contributed by atoms with Gasteiger partial charge in [-0.1, -0.05) is 20.3 Å². The molecule has 1 unspecified atom stereocenters. The van der Waals surface area contributed by atoms with Crippen LogP contribution in [0.5, 0.6) is 0 Å². The highest BCUT2D eigenvalue weighted by atomic mass is 32.1. The van der Waals surface area contributed by atoms with Crippen molar-refractivity contribution in [2.24, 2.45) is 11.8 Å². The van der Waals surface area contributed by atoms with Gasteiger partial charge in [0.25, 0.3) is 0 Å². The number of hydrogen-bond acceptors (Lipinski definition) is 3. The van der Waals surface area contributed by atoms with E-state index in [1.807, 2.05) is 15.9 Å². The number of thiophene rings is 1.